The Bertz CT molecular complexity index is 627. The van der Waals surface area contributed by atoms with Gasteiger partial charge in [0.25, 0.3) is 0 Å². The van der Waals surface area contributed by atoms with Gasteiger partial charge >= 0.3 is 124 Å². The van der Waals surface area contributed by atoms with Crippen LogP contribution in [0, 0.1) is 6.92 Å². The van der Waals surface area contributed by atoms with Crippen molar-refractivity contribution in [2.45, 2.75) is 17.5 Å². The van der Waals surface area contributed by atoms with Crippen molar-refractivity contribution in [1.82, 2.24) is 0 Å². The van der Waals surface area contributed by atoms with Gasteiger partial charge in [0.05, 0.1) is 0 Å². The maximum absolute atomic E-state index is 2.37. The zero-order chi connectivity index (χ0) is 12.7. The first kappa shape index (κ1) is 15.3. The summed E-state index contributed by atoms with van der Waals surface area (Å²) in [5.74, 6) is 0. The molecule has 0 aromatic heterocycles. The molecule has 1 atom stereocenters. The van der Waals surface area contributed by atoms with Crippen LogP contribution < -0.4 is 0 Å². The van der Waals surface area contributed by atoms with Gasteiger partial charge in [0.15, 0.2) is 0 Å². The number of hydrogen-bond donors (Lipinski definition) is 0. The third kappa shape index (κ3) is 2.86. The Balaban J connectivity index is 0.00000133. The zero-order valence-electron chi connectivity index (χ0n) is 11.2. The summed E-state index contributed by atoms with van der Waals surface area (Å²) in [6.07, 6.45) is 2.37. The first-order valence-electron chi connectivity index (χ1n) is 6.26. The molecule has 0 spiro atoms. The normalized spacial score (nSPS) is 16.5. The van der Waals surface area contributed by atoms with Gasteiger partial charge in [0.2, 0.25) is 0 Å². The van der Waals surface area contributed by atoms with Gasteiger partial charge in [-0.3, -0.25) is 0 Å². The number of fused-ring (bicyclic) bond motifs is 1. The Kier molecular flexibility index (Phi) is 4.97. The quantitative estimate of drug-likeness (QED) is 0.652. The monoisotopic (exact) mass is 399 g/mol. The standard InChI is InChI=1S/C17H15.2Zr/c1-12-8-15-9-13(2)11-17(15)16(10-12)14-6-4-3-5-7-14;;/h3-11H,1-2H3;;. The maximum Gasteiger partial charge on any atom is 0 e. The molecule has 0 N–H and O–H groups in total. The van der Waals surface area contributed by atoms with Crippen LogP contribution in [0.2, 0.25) is 0 Å². The van der Waals surface area contributed by atoms with Crippen LogP contribution >= 0.6 is 0 Å². The molecule has 0 saturated heterocycles. The van der Waals surface area contributed by atoms with Crippen molar-refractivity contribution >= 4 is 6.08 Å². The maximum atomic E-state index is 2.37. The molecule has 0 saturated carbocycles. The van der Waals surface area contributed by atoms with Gasteiger partial charge in [-0.25, -0.2) is 0 Å². The SMILES string of the molecule is CC1=Cc2c(-c3ccccc3)cc(C)cc2[CH]1[Zr].[Zr]. The fourth-order valence-electron chi connectivity index (χ4n) is 2.64. The van der Waals surface area contributed by atoms with Crippen molar-refractivity contribution < 1.29 is 50.9 Å². The Hall–Kier alpha value is -0.0538. The molecule has 1 aliphatic rings. The van der Waals surface area contributed by atoms with Crippen LogP contribution in [0.3, 0.4) is 0 Å². The largest absolute Gasteiger partial charge is 0 e. The van der Waals surface area contributed by atoms with Crippen LogP contribution in [0.5, 0.6) is 0 Å². The molecule has 2 aromatic carbocycles. The molecule has 91 valence electrons. The minimum absolute atomic E-state index is 0. The third-order valence-corrected chi connectivity index (χ3v) is 5.46. The number of aryl methyl sites for hydroxylation is 1. The predicted molar refractivity (Wildman–Crippen MR) is 73.0 cm³/mol. The molecule has 0 fully saturated rings. The topological polar surface area (TPSA) is 0 Å². The predicted octanol–water partition coefficient (Wildman–Crippen LogP) is 4.66. The van der Waals surface area contributed by atoms with Crippen molar-refractivity contribution in [3.63, 3.8) is 0 Å². The van der Waals surface area contributed by atoms with Gasteiger partial charge in [-0.2, -0.15) is 0 Å². The summed E-state index contributed by atoms with van der Waals surface area (Å²) in [7, 11) is 0. The summed E-state index contributed by atoms with van der Waals surface area (Å²) in [4.78, 5) is 0. The van der Waals surface area contributed by atoms with E-state index in [1.165, 1.54) is 33.4 Å². The molecular weight excluding hydrogens is 387 g/mol. The first-order chi connectivity index (χ1) is 8.66. The minimum atomic E-state index is 0. The molecule has 0 amide bonds. The average Bonchev–Trinajstić information content (AvgIpc) is 2.66. The van der Waals surface area contributed by atoms with Gasteiger partial charge in [0.1, 0.15) is 0 Å². The van der Waals surface area contributed by atoms with E-state index in [4.69, 9.17) is 0 Å². The molecular formula is C17H15Zr2. The Morgan fingerprint density at radius 2 is 1.68 bits per heavy atom. The van der Waals surface area contributed by atoms with E-state index in [1.807, 2.05) is 0 Å². The van der Waals surface area contributed by atoms with Crippen LogP contribution in [0.25, 0.3) is 17.2 Å². The minimum Gasteiger partial charge on any atom is 0 e. The van der Waals surface area contributed by atoms with Crippen molar-refractivity contribution in [2.24, 2.45) is 0 Å². The first-order valence-corrected chi connectivity index (χ1v) is 7.68. The molecule has 0 radical (unpaired) electrons. The van der Waals surface area contributed by atoms with Crippen LogP contribution in [-0.4, -0.2) is 0 Å². The second kappa shape index (κ2) is 6.15. The van der Waals surface area contributed by atoms with Gasteiger partial charge < -0.3 is 0 Å². The Labute approximate surface area is 149 Å². The van der Waals surface area contributed by atoms with E-state index in [0.717, 1.165) is 0 Å². The van der Waals surface area contributed by atoms with E-state index in [0.29, 0.717) is 3.63 Å². The Morgan fingerprint density at radius 1 is 1.00 bits per heavy atom. The molecule has 0 nitrogen and oxygen atoms in total. The summed E-state index contributed by atoms with van der Waals surface area (Å²) in [5, 5.41) is 0. The molecule has 1 unspecified atom stereocenters. The van der Waals surface area contributed by atoms with E-state index in [9.17, 15) is 0 Å². The average molecular weight is 402 g/mol. The fourth-order valence-corrected chi connectivity index (χ4v) is 3.43. The summed E-state index contributed by atoms with van der Waals surface area (Å²) in [6.45, 7) is 4.45. The second-order valence-electron chi connectivity index (χ2n) is 5.00. The third-order valence-electron chi connectivity index (χ3n) is 3.58. The van der Waals surface area contributed by atoms with Crippen molar-refractivity contribution in [3.8, 4) is 11.1 Å². The summed E-state index contributed by atoms with van der Waals surface area (Å²) >= 11 is 1.59. The van der Waals surface area contributed by atoms with E-state index in [-0.39, 0.29) is 26.2 Å². The summed E-state index contributed by atoms with van der Waals surface area (Å²) in [6, 6.07) is 15.4. The van der Waals surface area contributed by atoms with Crippen LogP contribution in [0.4, 0.5) is 0 Å². The molecule has 19 heavy (non-hydrogen) atoms. The van der Waals surface area contributed by atoms with Crippen molar-refractivity contribution in [1.29, 1.82) is 0 Å². The van der Waals surface area contributed by atoms with Crippen LogP contribution in [0.1, 0.15) is 27.2 Å². The van der Waals surface area contributed by atoms with Crippen LogP contribution in [0.15, 0.2) is 48.0 Å². The summed E-state index contributed by atoms with van der Waals surface area (Å²) < 4.78 is 0.648. The van der Waals surface area contributed by atoms with Gasteiger partial charge in [-0.15, -0.1) is 0 Å². The van der Waals surface area contributed by atoms with Gasteiger partial charge in [0, 0.05) is 26.2 Å². The molecule has 0 bridgehead atoms. The molecule has 2 aromatic rings. The summed E-state index contributed by atoms with van der Waals surface area (Å²) in [5.41, 5.74) is 8.53. The van der Waals surface area contributed by atoms with E-state index >= 15 is 0 Å². The fraction of sp³-hybridized carbons (Fsp3) is 0.176. The van der Waals surface area contributed by atoms with E-state index in [2.05, 4.69) is 62.4 Å². The smallest absolute Gasteiger partial charge is 0 e. The molecule has 0 aliphatic heterocycles. The van der Waals surface area contributed by atoms with E-state index in [1.54, 1.807) is 24.7 Å². The number of benzene rings is 2. The number of allylic oxidation sites excluding steroid dienone is 1. The van der Waals surface area contributed by atoms with Gasteiger partial charge in [-0.1, -0.05) is 0 Å². The van der Waals surface area contributed by atoms with Crippen LogP contribution in [-0.2, 0) is 50.9 Å². The van der Waals surface area contributed by atoms with Crippen molar-refractivity contribution in [2.75, 3.05) is 0 Å². The Morgan fingerprint density at radius 3 is 2.37 bits per heavy atom. The molecule has 0 heterocycles. The zero-order valence-corrected chi connectivity index (χ0v) is 16.1. The molecule has 2 heteroatoms. The van der Waals surface area contributed by atoms with Crippen molar-refractivity contribution in [3.05, 3.63) is 64.7 Å². The molecule has 3 rings (SSSR count). The van der Waals surface area contributed by atoms with E-state index < -0.39 is 0 Å². The second-order valence-corrected chi connectivity index (χ2v) is 6.42. The number of rotatable bonds is 1. The van der Waals surface area contributed by atoms with Gasteiger partial charge in [-0.05, 0) is 0 Å². The number of hydrogen-bond acceptors (Lipinski definition) is 0. The molecule has 1 aliphatic carbocycles.